The minimum Gasteiger partial charge on any atom is -0.481 e. The molecule has 0 spiro atoms. The van der Waals surface area contributed by atoms with Crippen molar-refractivity contribution in [2.45, 2.75) is 25.8 Å². The molecule has 24 heavy (non-hydrogen) atoms. The average molecular weight is 352 g/mol. The lowest BCUT2D eigenvalue weighted by Crippen LogP contribution is -2.52. The van der Waals surface area contributed by atoms with Crippen LogP contribution in [0.5, 0.6) is 0 Å². The SMILES string of the molecule is C=CC[C@@]1(C(=O)O)CCCN(S(=O)(=O)N(C)Cc2ccccc2)C1. The van der Waals surface area contributed by atoms with Gasteiger partial charge in [-0.25, -0.2) is 0 Å². The van der Waals surface area contributed by atoms with Crippen molar-refractivity contribution in [1.29, 1.82) is 0 Å². The number of nitrogens with zero attached hydrogens (tertiary/aromatic N) is 2. The largest absolute Gasteiger partial charge is 0.481 e. The Hall–Kier alpha value is -1.70. The summed E-state index contributed by atoms with van der Waals surface area (Å²) in [5.74, 6) is -0.965. The van der Waals surface area contributed by atoms with E-state index < -0.39 is 21.6 Å². The van der Waals surface area contributed by atoms with Gasteiger partial charge in [0.15, 0.2) is 0 Å². The first-order valence-electron chi connectivity index (χ1n) is 7.91. The fourth-order valence-electron chi connectivity index (χ4n) is 3.11. The molecule has 2 rings (SSSR count). The molecular formula is C17H24N2O4S. The van der Waals surface area contributed by atoms with E-state index in [-0.39, 0.29) is 19.5 Å². The van der Waals surface area contributed by atoms with Gasteiger partial charge in [-0.3, -0.25) is 4.79 Å². The third-order valence-corrected chi connectivity index (χ3v) is 6.38. The molecule has 1 aliphatic heterocycles. The van der Waals surface area contributed by atoms with Gasteiger partial charge in [0.2, 0.25) is 0 Å². The lowest BCUT2D eigenvalue weighted by atomic mass is 9.78. The highest BCUT2D eigenvalue weighted by molar-refractivity contribution is 7.86. The molecule has 1 aromatic rings. The summed E-state index contributed by atoms with van der Waals surface area (Å²) in [6.07, 6.45) is 2.80. The van der Waals surface area contributed by atoms with Gasteiger partial charge < -0.3 is 5.11 Å². The van der Waals surface area contributed by atoms with Crippen LogP contribution in [0.15, 0.2) is 43.0 Å². The van der Waals surface area contributed by atoms with E-state index in [0.717, 1.165) is 5.56 Å². The molecule has 7 heteroatoms. The predicted molar refractivity (Wildman–Crippen MR) is 92.5 cm³/mol. The van der Waals surface area contributed by atoms with Crippen LogP contribution in [0.1, 0.15) is 24.8 Å². The summed E-state index contributed by atoms with van der Waals surface area (Å²) >= 11 is 0. The number of carbonyl (C=O) groups is 1. The van der Waals surface area contributed by atoms with Crippen LogP contribution in [0.25, 0.3) is 0 Å². The molecule has 132 valence electrons. The lowest BCUT2D eigenvalue weighted by molar-refractivity contribution is -0.151. The van der Waals surface area contributed by atoms with Crippen LogP contribution in [0.2, 0.25) is 0 Å². The number of hydrogen-bond acceptors (Lipinski definition) is 3. The molecule has 1 aliphatic rings. The van der Waals surface area contributed by atoms with Crippen molar-refractivity contribution in [3.63, 3.8) is 0 Å². The van der Waals surface area contributed by atoms with Crippen molar-refractivity contribution < 1.29 is 18.3 Å². The van der Waals surface area contributed by atoms with Gasteiger partial charge in [-0.1, -0.05) is 36.4 Å². The molecule has 0 unspecified atom stereocenters. The van der Waals surface area contributed by atoms with E-state index in [4.69, 9.17) is 0 Å². The molecule has 1 atom stereocenters. The number of rotatable bonds is 7. The molecule has 0 bridgehead atoms. The smallest absolute Gasteiger partial charge is 0.311 e. The highest BCUT2D eigenvalue weighted by Crippen LogP contribution is 2.35. The van der Waals surface area contributed by atoms with Crippen molar-refractivity contribution in [3.8, 4) is 0 Å². The Labute approximate surface area is 143 Å². The molecule has 1 heterocycles. The number of benzene rings is 1. The molecule has 0 amide bonds. The molecule has 1 aromatic carbocycles. The monoisotopic (exact) mass is 352 g/mol. The third kappa shape index (κ3) is 3.85. The normalized spacial score (nSPS) is 22.4. The third-order valence-electron chi connectivity index (χ3n) is 4.50. The van der Waals surface area contributed by atoms with Crippen molar-refractivity contribution in [1.82, 2.24) is 8.61 Å². The molecular weight excluding hydrogens is 328 g/mol. The van der Waals surface area contributed by atoms with Crippen LogP contribution in [-0.2, 0) is 21.5 Å². The van der Waals surface area contributed by atoms with E-state index in [0.29, 0.717) is 19.4 Å². The zero-order chi connectivity index (χ0) is 17.8. The van der Waals surface area contributed by atoms with Gasteiger partial charge in [-0.15, -0.1) is 6.58 Å². The topological polar surface area (TPSA) is 77.9 Å². The van der Waals surface area contributed by atoms with Crippen molar-refractivity contribution >= 4 is 16.2 Å². The molecule has 1 saturated heterocycles. The minimum atomic E-state index is -3.71. The van der Waals surface area contributed by atoms with E-state index in [9.17, 15) is 18.3 Å². The average Bonchev–Trinajstić information content (AvgIpc) is 2.56. The predicted octanol–water partition coefficient (Wildman–Crippen LogP) is 2.11. The van der Waals surface area contributed by atoms with Crippen LogP contribution >= 0.6 is 0 Å². The molecule has 0 aliphatic carbocycles. The Bertz CT molecular complexity index is 690. The number of allylic oxidation sites excluding steroid dienone is 1. The van der Waals surface area contributed by atoms with E-state index in [1.165, 1.54) is 15.7 Å². The number of carboxylic acid groups (broad SMARTS) is 1. The Morgan fingerprint density at radius 3 is 2.67 bits per heavy atom. The fourth-order valence-corrected chi connectivity index (χ4v) is 4.59. The van der Waals surface area contributed by atoms with Crippen LogP contribution < -0.4 is 0 Å². The van der Waals surface area contributed by atoms with Gasteiger partial charge in [-0.2, -0.15) is 17.0 Å². The second-order valence-electron chi connectivity index (χ2n) is 6.26. The molecule has 0 radical (unpaired) electrons. The summed E-state index contributed by atoms with van der Waals surface area (Å²) < 4.78 is 28.2. The zero-order valence-electron chi connectivity index (χ0n) is 13.9. The Morgan fingerprint density at radius 1 is 1.42 bits per heavy atom. The summed E-state index contributed by atoms with van der Waals surface area (Å²) in [5.41, 5.74) is -0.197. The van der Waals surface area contributed by atoms with Gasteiger partial charge in [0.05, 0.1) is 5.41 Å². The minimum absolute atomic E-state index is 0.0180. The van der Waals surface area contributed by atoms with Crippen LogP contribution in [-0.4, -0.2) is 48.2 Å². The van der Waals surface area contributed by atoms with Gasteiger partial charge >= 0.3 is 5.97 Å². The summed E-state index contributed by atoms with van der Waals surface area (Å²) in [7, 11) is -2.19. The van der Waals surface area contributed by atoms with Crippen molar-refractivity contribution in [3.05, 3.63) is 48.6 Å². The van der Waals surface area contributed by atoms with Crippen molar-refractivity contribution in [2.75, 3.05) is 20.1 Å². The highest BCUT2D eigenvalue weighted by atomic mass is 32.2. The molecule has 0 aromatic heterocycles. The summed E-state index contributed by atoms with van der Waals surface area (Å²) in [5, 5.41) is 9.59. The first-order chi connectivity index (χ1) is 11.3. The summed E-state index contributed by atoms with van der Waals surface area (Å²) in [4.78, 5) is 11.7. The highest BCUT2D eigenvalue weighted by Gasteiger charge is 2.45. The standard InChI is InChI=1S/C17H24N2O4S/c1-3-10-17(16(20)21)11-7-12-19(14-17)24(22,23)18(2)13-15-8-5-4-6-9-15/h3-6,8-9H,1,7,10-14H2,2H3,(H,20,21)/t17-/m1/s1. The molecule has 1 N–H and O–H groups in total. The summed E-state index contributed by atoms with van der Waals surface area (Å²) in [6, 6.07) is 9.31. The first kappa shape index (κ1) is 18.6. The second-order valence-corrected chi connectivity index (χ2v) is 8.30. The van der Waals surface area contributed by atoms with Gasteiger partial charge in [0.25, 0.3) is 10.2 Å². The van der Waals surface area contributed by atoms with Crippen LogP contribution in [0.3, 0.4) is 0 Å². The van der Waals surface area contributed by atoms with Gasteiger partial charge in [0, 0.05) is 26.7 Å². The van der Waals surface area contributed by atoms with Crippen molar-refractivity contribution in [2.24, 2.45) is 5.41 Å². The molecule has 0 saturated carbocycles. The maximum Gasteiger partial charge on any atom is 0.311 e. The number of aliphatic carboxylic acids is 1. The zero-order valence-corrected chi connectivity index (χ0v) is 14.7. The quantitative estimate of drug-likeness (QED) is 0.763. The summed E-state index contributed by atoms with van der Waals surface area (Å²) in [6.45, 7) is 4.19. The Kier molecular flexibility index (Phi) is 5.79. The van der Waals surface area contributed by atoms with E-state index >= 15 is 0 Å². The van der Waals surface area contributed by atoms with E-state index in [2.05, 4.69) is 6.58 Å². The Balaban J connectivity index is 2.18. The molecule has 1 fully saturated rings. The van der Waals surface area contributed by atoms with Gasteiger partial charge in [0.1, 0.15) is 0 Å². The fraction of sp³-hybridized carbons (Fsp3) is 0.471. The maximum absolute atomic E-state index is 12.8. The van der Waals surface area contributed by atoms with Crippen LogP contribution in [0, 0.1) is 5.41 Å². The van der Waals surface area contributed by atoms with E-state index in [1.807, 2.05) is 30.3 Å². The second kappa shape index (κ2) is 7.46. The number of piperidine rings is 1. The Morgan fingerprint density at radius 2 is 2.08 bits per heavy atom. The first-order valence-corrected chi connectivity index (χ1v) is 9.31. The van der Waals surface area contributed by atoms with Gasteiger partial charge in [-0.05, 0) is 24.8 Å². The number of hydrogen-bond donors (Lipinski definition) is 1. The molecule has 6 nitrogen and oxygen atoms in total. The lowest BCUT2D eigenvalue weighted by Gasteiger charge is -2.40. The maximum atomic E-state index is 12.8. The van der Waals surface area contributed by atoms with E-state index in [1.54, 1.807) is 6.08 Å². The number of carboxylic acids is 1. The van der Waals surface area contributed by atoms with Crippen LogP contribution in [0.4, 0.5) is 0 Å².